The molecule has 3 N–H and O–H groups in total. The highest BCUT2D eigenvalue weighted by molar-refractivity contribution is 6.08. The lowest BCUT2D eigenvalue weighted by Gasteiger charge is -2.28. The third-order valence-corrected chi connectivity index (χ3v) is 6.83. The molecule has 2 aromatic heterocycles. The zero-order valence-electron chi connectivity index (χ0n) is 18.9. The molecular weight excluding hydrogens is 454 g/mol. The number of anilines is 1. The average molecular weight is 477 g/mol. The molecule has 3 aromatic rings. The van der Waals surface area contributed by atoms with Crippen LogP contribution in [0, 0.1) is 0 Å². The summed E-state index contributed by atoms with van der Waals surface area (Å²) in [6, 6.07) is 9.75. The molecule has 0 spiro atoms. The number of benzene rings is 1. The number of ether oxygens (including phenoxy) is 1. The number of nitrogens with zero attached hydrogens (tertiary/aromatic N) is 3. The fraction of sp³-hybridized carbons (Fsp3) is 0.333. The second-order valence-corrected chi connectivity index (χ2v) is 9.05. The van der Waals surface area contributed by atoms with Gasteiger partial charge in [0.25, 0.3) is 11.8 Å². The molecule has 11 nitrogen and oxygen atoms in total. The van der Waals surface area contributed by atoms with Gasteiger partial charge in [-0.1, -0.05) is 6.07 Å². The highest BCUT2D eigenvalue weighted by Gasteiger charge is 2.53. The van der Waals surface area contributed by atoms with Gasteiger partial charge in [0.05, 0.1) is 19.8 Å². The summed E-state index contributed by atoms with van der Waals surface area (Å²) in [5, 5.41) is 14.8. The van der Waals surface area contributed by atoms with E-state index in [0.717, 1.165) is 5.56 Å². The fourth-order valence-corrected chi connectivity index (χ4v) is 4.99. The summed E-state index contributed by atoms with van der Waals surface area (Å²) >= 11 is 0. The third-order valence-electron chi connectivity index (χ3n) is 6.83. The van der Waals surface area contributed by atoms with Gasteiger partial charge in [-0.05, 0) is 36.2 Å². The Bertz CT molecular complexity index is 1390. The van der Waals surface area contributed by atoms with Crippen LogP contribution in [0.2, 0.25) is 0 Å². The first-order chi connectivity index (χ1) is 16.9. The predicted octanol–water partition coefficient (Wildman–Crippen LogP) is 1.10. The lowest BCUT2D eigenvalue weighted by atomic mass is 9.95. The second kappa shape index (κ2) is 7.70. The van der Waals surface area contributed by atoms with Crippen LogP contribution in [0.3, 0.4) is 0 Å². The van der Waals surface area contributed by atoms with Crippen LogP contribution in [0.4, 0.5) is 10.6 Å². The van der Waals surface area contributed by atoms with Crippen LogP contribution in [0.1, 0.15) is 28.1 Å². The van der Waals surface area contributed by atoms with Crippen molar-refractivity contribution in [2.24, 2.45) is 0 Å². The van der Waals surface area contributed by atoms with Gasteiger partial charge in [-0.15, -0.1) is 0 Å². The van der Waals surface area contributed by atoms with E-state index in [-0.39, 0.29) is 24.8 Å². The normalized spacial score (nSPS) is 23.7. The van der Waals surface area contributed by atoms with Crippen LogP contribution >= 0.6 is 0 Å². The number of aromatic nitrogens is 1. The minimum atomic E-state index is -1.61. The van der Waals surface area contributed by atoms with Crippen molar-refractivity contribution in [3.63, 3.8) is 0 Å². The number of β-amino-alcohol motifs (C(OH)–C–C–N with tert-alkyl or cyclic N) is 1. The van der Waals surface area contributed by atoms with Crippen molar-refractivity contribution in [3.05, 3.63) is 53.3 Å². The Morgan fingerprint density at radius 1 is 1.23 bits per heavy atom. The number of urea groups is 1. The summed E-state index contributed by atoms with van der Waals surface area (Å²) in [7, 11) is 1.53. The summed E-state index contributed by atoms with van der Waals surface area (Å²) in [6.07, 6.45) is 0.277. The van der Waals surface area contributed by atoms with Crippen molar-refractivity contribution in [3.8, 4) is 5.75 Å². The monoisotopic (exact) mass is 477 g/mol. The molecule has 0 saturated carbocycles. The maximum Gasteiger partial charge on any atom is 0.322 e. The number of aliphatic hydroxyl groups excluding tert-OH is 1. The van der Waals surface area contributed by atoms with Crippen LogP contribution in [-0.4, -0.2) is 65.7 Å². The van der Waals surface area contributed by atoms with E-state index < -0.39 is 23.6 Å². The van der Waals surface area contributed by atoms with Gasteiger partial charge in [-0.25, -0.2) is 9.78 Å². The quantitative estimate of drug-likeness (QED) is 0.465. The van der Waals surface area contributed by atoms with E-state index in [0.29, 0.717) is 47.7 Å². The number of nitrogens with one attached hydrogen (secondary N) is 2. The van der Waals surface area contributed by atoms with Crippen molar-refractivity contribution in [1.29, 1.82) is 0 Å². The van der Waals surface area contributed by atoms with E-state index in [2.05, 4.69) is 15.6 Å². The smallest absolute Gasteiger partial charge is 0.322 e. The molecule has 5 heterocycles. The largest absolute Gasteiger partial charge is 0.497 e. The Morgan fingerprint density at radius 2 is 2.09 bits per heavy atom. The predicted molar refractivity (Wildman–Crippen MR) is 123 cm³/mol. The summed E-state index contributed by atoms with van der Waals surface area (Å²) in [5.74, 6) is 0.560. The van der Waals surface area contributed by atoms with Gasteiger partial charge in [0, 0.05) is 31.3 Å². The van der Waals surface area contributed by atoms with E-state index in [1.54, 1.807) is 30.3 Å². The number of aliphatic hydroxyl groups is 1. The van der Waals surface area contributed by atoms with Crippen LogP contribution in [0.25, 0.3) is 11.1 Å². The number of carbonyl (C=O) groups excluding carboxylic acids is 3. The topological polar surface area (TPSA) is 137 Å². The molecule has 11 heteroatoms. The highest BCUT2D eigenvalue weighted by Crippen LogP contribution is 2.35. The number of fused-ring (bicyclic) bond motifs is 2. The number of carbonyl (C=O) groups is 3. The number of rotatable bonds is 5. The van der Waals surface area contributed by atoms with Crippen molar-refractivity contribution >= 4 is 34.8 Å². The van der Waals surface area contributed by atoms with Crippen LogP contribution < -0.4 is 20.3 Å². The number of furan rings is 1. The molecule has 3 aliphatic rings. The van der Waals surface area contributed by atoms with E-state index in [1.165, 1.54) is 12.0 Å². The lowest BCUT2D eigenvalue weighted by molar-refractivity contribution is -0.125. The SMILES string of the molecule is COc1ccc2c(c1)C(=O)N(C[C@@]1(c3cc4nc(N5CC[C@@H](O)C5)ccc4o3)NC(=O)NC1=O)C2. The van der Waals surface area contributed by atoms with Gasteiger partial charge >= 0.3 is 6.03 Å². The zero-order valence-corrected chi connectivity index (χ0v) is 18.9. The Kier molecular flexibility index (Phi) is 4.71. The molecule has 0 unspecified atom stereocenters. The van der Waals surface area contributed by atoms with Crippen LogP contribution in [-0.2, 0) is 16.9 Å². The number of methoxy groups -OCH3 is 1. The highest BCUT2D eigenvalue weighted by atomic mass is 16.5. The van der Waals surface area contributed by atoms with Crippen molar-refractivity contribution in [2.45, 2.75) is 24.6 Å². The molecule has 6 rings (SSSR count). The van der Waals surface area contributed by atoms with E-state index in [9.17, 15) is 19.5 Å². The number of pyridine rings is 1. The van der Waals surface area contributed by atoms with E-state index >= 15 is 0 Å². The van der Waals surface area contributed by atoms with Gasteiger partial charge < -0.3 is 29.4 Å². The third kappa shape index (κ3) is 3.38. The number of hydrogen-bond acceptors (Lipinski definition) is 8. The molecule has 2 atom stereocenters. The summed E-state index contributed by atoms with van der Waals surface area (Å²) in [5.41, 5.74) is 0.641. The fourth-order valence-electron chi connectivity index (χ4n) is 4.99. The van der Waals surface area contributed by atoms with Gasteiger partial charge in [0.15, 0.2) is 11.1 Å². The molecule has 35 heavy (non-hydrogen) atoms. The van der Waals surface area contributed by atoms with Gasteiger partial charge in [-0.3, -0.25) is 14.9 Å². The first-order valence-corrected chi connectivity index (χ1v) is 11.3. The van der Waals surface area contributed by atoms with Crippen molar-refractivity contribution in [1.82, 2.24) is 20.5 Å². The maximum atomic E-state index is 13.2. The minimum absolute atomic E-state index is 0.120. The van der Waals surface area contributed by atoms with Crippen molar-refractivity contribution in [2.75, 3.05) is 31.6 Å². The van der Waals surface area contributed by atoms with Crippen LogP contribution in [0.5, 0.6) is 5.75 Å². The summed E-state index contributed by atoms with van der Waals surface area (Å²) in [6.45, 7) is 1.34. The van der Waals surface area contributed by atoms with Gasteiger partial charge in [-0.2, -0.15) is 0 Å². The second-order valence-electron chi connectivity index (χ2n) is 9.05. The summed E-state index contributed by atoms with van der Waals surface area (Å²) in [4.78, 5) is 46.6. The number of amides is 4. The lowest BCUT2D eigenvalue weighted by Crippen LogP contribution is -2.52. The Hall–Kier alpha value is -4.12. The molecule has 0 aliphatic carbocycles. The Morgan fingerprint density at radius 3 is 2.80 bits per heavy atom. The standard InChI is InChI=1S/C24H23N5O6/c1-34-15-3-2-13-10-29(21(31)16(13)8-15)12-24(22(32)26-23(33)27-24)19-9-17-18(35-19)4-5-20(25-17)28-7-6-14(30)11-28/h2-5,8-9,14,30H,6-7,10-12H2,1H3,(H2,26,27,32,33)/t14-,24+/m1/s1. The van der Waals surface area contributed by atoms with E-state index in [1.807, 2.05) is 11.0 Å². The van der Waals surface area contributed by atoms with E-state index in [4.69, 9.17) is 9.15 Å². The molecule has 0 bridgehead atoms. The molecule has 0 radical (unpaired) electrons. The first-order valence-electron chi connectivity index (χ1n) is 11.3. The molecule has 1 aromatic carbocycles. The zero-order chi connectivity index (χ0) is 24.3. The first kappa shape index (κ1) is 21.4. The van der Waals surface area contributed by atoms with Crippen LogP contribution in [0.15, 0.2) is 40.8 Å². The summed E-state index contributed by atoms with van der Waals surface area (Å²) < 4.78 is 11.2. The Labute approximate surface area is 199 Å². The number of imide groups is 1. The van der Waals surface area contributed by atoms with Gasteiger partial charge in [0.1, 0.15) is 22.8 Å². The molecular formula is C24H23N5O6. The van der Waals surface area contributed by atoms with Gasteiger partial charge in [0.2, 0.25) is 0 Å². The molecule has 4 amide bonds. The molecule has 180 valence electrons. The molecule has 2 fully saturated rings. The Balaban J connectivity index is 1.35. The number of hydrogen-bond donors (Lipinski definition) is 3. The maximum absolute atomic E-state index is 13.2. The minimum Gasteiger partial charge on any atom is -0.497 e. The molecule has 3 aliphatic heterocycles. The average Bonchev–Trinajstić information content (AvgIpc) is 3.60. The van der Waals surface area contributed by atoms with Crippen molar-refractivity contribution < 1.29 is 28.6 Å². The molecule has 2 saturated heterocycles.